The minimum atomic E-state index is 0.410. The molecule has 1 saturated heterocycles. The number of rotatable bonds is 3. The van der Waals surface area contributed by atoms with Gasteiger partial charge < -0.3 is 4.74 Å². The van der Waals surface area contributed by atoms with E-state index in [0.717, 1.165) is 23.9 Å². The summed E-state index contributed by atoms with van der Waals surface area (Å²) in [6.45, 7) is 3.10. The van der Waals surface area contributed by atoms with E-state index >= 15 is 0 Å². The van der Waals surface area contributed by atoms with Gasteiger partial charge in [-0.15, -0.1) is 0 Å². The van der Waals surface area contributed by atoms with Crippen LogP contribution in [0, 0.1) is 5.92 Å². The van der Waals surface area contributed by atoms with Crippen LogP contribution < -0.4 is 0 Å². The Bertz CT molecular complexity index is 336. The Morgan fingerprint density at radius 2 is 2.06 bits per heavy atom. The Morgan fingerprint density at radius 1 is 1.38 bits per heavy atom. The smallest absolute Gasteiger partial charge is 0.0615 e. The van der Waals surface area contributed by atoms with Crippen LogP contribution in [0.2, 0.25) is 0 Å². The van der Waals surface area contributed by atoms with Crippen molar-refractivity contribution in [2.75, 3.05) is 6.61 Å². The van der Waals surface area contributed by atoms with Crippen LogP contribution in [0.3, 0.4) is 0 Å². The lowest BCUT2D eigenvalue weighted by atomic mass is 9.92. The Morgan fingerprint density at radius 3 is 2.69 bits per heavy atom. The highest BCUT2D eigenvalue weighted by atomic mass is 79.9. The maximum atomic E-state index is 5.74. The summed E-state index contributed by atoms with van der Waals surface area (Å²) in [7, 11) is 0. The zero-order chi connectivity index (χ0) is 11.5. The van der Waals surface area contributed by atoms with Crippen molar-refractivity contribution < 1.29 is 4.74 Å². The Hall–Kier alpha value is 0.140. The molecule has 1 heterocycles. The molecule has 3 unspecified atom stereocenters. The normalized spacial score (nSPS) is 26.9. The van der Waals surface area contributed by atoms with Crippen molar-refractivity contribution >= 4 is 31.9 Å². The monoisotopic (exact) mass is 346 g/mol. The van der Waals surface area contributed by atoms with Crippen LogP contribution in [0.1, 0.15) is 30.2 Å². The highest BCUT2D eigenvalue weighted by Gasteiger charge is 2.32. The van der Waals surface area contributed by atoms with Gasteiger partial charge in [-0.25, -0.2) is 0 Å². The lowest BCUT2D eigenvalue weighted by Gasteiger charge is -2.22. The fourth-order valence-electron chi connectivity index (χ4n) is 2.31. The van der Waals surface area contributed by atoms with Gasteiger partial charge in [0, 0.05) is 21.8 Å². The summed E-state index contributed by atoms with van der Waals surface area (Å²) < 4.78 is 6.87. The number of benzene rings is 1. The molecule has 0 amide bonds. The van der Waals surface area contributed by atoms with Gasteiger partial charge in [0.15, 0.2) is 0 Å². The summed E-state index contributed by atoms with van der Waals surface area (Å²) in [6, 6.07) is 8.55. The van der Waals surface area contributed by atoms with Crippen LogP contribution in [0.5, 0.6) is 0 Å². The van der Waals surface area contributed by atoms with Crippen molar-refractivity contribution in [1.29, 1.82) is 0 Å². The predicted octanol–water partition coefficient (Wildman–Crippen LogP) is 4.70. The van der Waals surface area contributed by atoms with E-state index < -0.39 is 0 Å². The van der Waals surface area contributed by atoms with Crippen molar-refractivity contribution in [3.63, 3.8) is 0 Å². The number of hydrogen-bond donors (Lipinski definition) is 0. The maximum Gasteiger partial charge on any atom is 0.0615 e. The largest absolute Gasteiger partial charge is 0.378 e. The van der Waals surface area contributed by atoms with E-state index in [2.05, 4.69) is 63.0 Å². The summed E-state index contributed by atoms with van der Waals surface area (Å²) in [6.07, 6.45) is 2.67. The van der Waals surface area contributed by atoms with Gasteiger partial charge in [0.25, 0.3) is 0 Å². The summed E-state index contributed by atoms with van der Waals surface area (Å²) in [5.74, 6) is 0.603. The van der Waals surface area contributed by atoms with Gasteiger partial charge >= 0.3 is 0 Å². The summed E-state index contributed by atoms with van der Waals surface area (Å²) in [5.41, 5.74) is 1.34. The maximum absolute atomic E-state index is 5.74. The van der Waals surface area contributed by atoms with E-state index in [1.807, 2.05) is 0 Å². The first-order valence-electron chi connectivity index (χ1n) is 5.73. The third kappa shape index (κ3) is 2.69. The van der Waals surface area contributed by atoms with Crippen molar-refractivity contribution in [3.05, 3.63) is 34.3 Å². The first-order chi connectivity index (χ1) is 7.72. The first-order valence-corrected chi connectivity index (χ1v) is 7.44. The van der Waals surface area contributed by atoms with Crippen LogP contribution in [0.25, 0.3) is 0 Å². The van der Waals surface area contributed by atoms with Crippen LogP contribution in [-0.4, -0.2) is 12.7 Å². The molecule has 0 saturated carbocycles. The van der Waals surface area contributed by atoms with Crippen LogP contribution >= 0.6 is 31.9 Å². The fourth-order valence-corrected chi connectivity index (χ4v) is 3.49. The minimum absolute atomic E-state index is 0.410. The molecule has 1 nitrogen and oxygen atoms in total. The van der Waals surface area contributed by atoms with E-state index in [-0.39, 0.29) is 0 Å². The van der Waals surface area contributed by atoms with Crippen molar-refractivity contribution in [2.45, 2.75) is 30.7 Å². The third-order valence-electron chi connectivity index (χ3n) is 3.23. The molecule has 3 heteroatoms. The molecule has 0 bridgehead atoms. The van der Waals surface area contributed by atoms with Crippen LogP contribution in [0.15, 0.2) is 28.7 Å². The molecular weight excluding hydrogens is 332 g/mol. The van der Waals surface area contributed by atoms with E-state index in [1.54, 1.807) is 0 Å². The quantitative estimate of drug-likeness (QED) is 0.720. The highest BCUT2D eigenvalue weighted by Crippen LogP contribution is 2.40. The van der Waals surface area contributed by atoms with Gasteiger partial charge in [-0.1, -0.05) is 50.9 Å². The Balaban J connectivity index is 2.12. The van der Waals surface area contributed by atoms with Gasteiger partial charge in [0.05, 0.1) is 6.10 Å². The van der Waals surface area contributed by atoms with Gasteiger partial charge in [0.2, 0.25) is 0 Å². The average Bonchev–Trinajstić information content (AvgIpc) is 2.77. The number of halogens is 2. The molecule has 1 aliphatic rings. The molecule has 0 N–H and O–H groups in total. The molecule has 0 aromatic heterocycles. The second kappa shape index (κ2) is 5.65. The van der Waals surface area contributed by atoms with E-state index in [0.29, 0.717) is 16.8 Å². The number of alkyl halides is 1. The van der Waals surface area contributed by atoms with Crippen molar-refractivity contribution in [1.82, 2.24) is 0 Å². The zero-order valence-corrected chi connectivity index (χ0v) is 12.5. The van der Waals surface area contributed by atoms with Gasteiger partial charge in [-0.05, 0) is 30.5 Å². The fraction of sp³-hybridized carbons (Fsp3) is 0.538. The van der Waals surface area contributed by atoms with Gasteiger partial charge in [-0.2, -0.15) is 0 Å². The lowest BCUT2D eigenvalue weighted by Crippen LogP contribution is -2.18. The second-order valence-electron chi connectivity index (χ2n) is 4.22. The molecule has 0 spiro atoms. The zero-order valence-electron chi connectivity index (χ0n) is 9.33. The molecule has 0 radical (unpaired) electrons. The van der Waals surface area contributed by atoms with Crippen molar-refractivity contribution in [3.8, 4) is 0 Å². The standard InChI is InChI=1S/C13H16Br2O/c1-2-12-11(7-8-16-12)13(15)9-3-5-10(14)6-4-9/h3-6,11-13H,2,7-8H2,1H3. The SMILES string of the molecule is CCC1OCCC1C(Br)c1ccc(Br)cc1. The average molecular weight is 348 g/mol. The van der Waals surface area contributed by atoms with Crippen molar-refractivity contribution in [2.24, 2.45) is 5.92 Å². The van der Waals surface area contributed by atoms with E-state index in [1.165, 1.54) is 5.56 Å². The molecule has 1 aromatic carbocycles. The summed E-state index contributed by atoms with van der Waals surface area (Å²) in [4.78, 5) is 0.410. The Kier molecular flexibility index (Phi) is 4.45. The molecule has 2 rings (SSSR count). The minimum Gasteiger partial charge on any atom is -0.378 e. The van der Waals surface area contributed by atoms with Gasteiger partial charge in [-0.3, -0.25) is 0 Å². The first kappa shape index (κ1) is 12.6. The molecule has 88 valence electrons. The number of ether oxygens (including phenoxy) is 1. The topological polar surface area (TPSA) is 9.23 Å². The second-order valence-corrected chi connectivity index (χ2v) is 6.13. The molecular formula is C13H16Br2O. The molecule has 1 fully saturated rings. The van der Waals surface area contributed by atoms with E-state index in [4.69, 9.17) is 4.74 Å². The summed E-state index contributed by atoms with van der Waals surface area (Å²) in [5, 5.41) is 0. The molecule has 0 aliphatic carbocycles. The third-order valence-corrected chi connectivity index (χ3v) is 4.96. The molecule has 1 aromatic rings. The lowest BCUT2D eigenvalue weighted by molar-refractivity contribution is 0.0873. The van der Waals surface area contributed by atoms with Gasteiger partial charge in [0.1, 0.15) is 0 Å². The van der Waals surface area contributed by atoms with E-state index in [9.17, 15) is 0 Å². The number of hydrogen-bond acceptors (Lipinski definition) is 1. The molecule has 16 heavy (non-hydrogen) atoms. The summed E-state index contributed by atoms with van der Waals surface area (Å²) >= 11 is 7.29. The molecule has 3 atom stereocenters. The highest BCUT2D eigenvalue weighted by molar-refractivity contribution is 9.10. The Labute approximate surface area is 114 Å². The predicted molar refractivity (Wildman–Crippen MR) is 73.9 cm³/mol. The van der Waals surface area contributed by atoms with Crippen LogP contribution in [-0.2, 0) is 4.74 Å². The van der Waals surface area contributed by atoms with Crippen LogP contribution in [0.4, 0.5) is 0 Å². The molecule has 1 aliphatic heterocycles.